The molecule has 1 aromatic carbocycles. The fourth-order valence-electron chi connectivity index (χ4n) is 1.41. The number of halogens is 3. The molecule has 94 valence electrons. The quantitative estimate of drug-likeness (QED) is 0.802. The van der Waals surface area contributed by atoms with Crippen LogP contribution >= 0.6 is 0 Å². The van der Waals surface area contributed by atoms with Crippen molar-refractivity contribution in [3.63, 3.8) is 0 Å². The van der Waals surface area contributed by atoms with E-state index in [0.717, 1.165) is 11.0 Å². The Bertz CT molecular complexity index is 432. The minimum absolute atomic E-state index is 0.0241. The van der Waals surface area contributed by atoms with Gasteiger partial charge in [0, 0.05) is 12.7 Å². The highest BCUT2D eigenvalue weighted by molar-refractivity contribution is 5.95. The number of carbonyl (C=O) groups is 1. The number of benzene rings is 1. The van der Waals surface area contributed by atoms with Crippen LogP contribution < -0.4 is 10.6 Å². The second-order valence-electron chi connectivity index (χ2n) is 3.55. The van der Waals surface area contributed by atoms with Crippen molar-refractivity contribution in [1.29, 1.82) is 0 Å². The summed E-state index contributed by atoms with van der Waals surface area (Å²) < 4.78 is 36.6. The van der Waals surface area contributed by atoms with Crippen molar-refractivity contribution in [3.8, 4) is 0 Å². The van der Waals surface area contributed by atoms with Gasteiger partial charge < -0.3 is 15.7 Å². The lowest BCUT2D eigenvalue weighted by Gasteiger charge is -2.22. The molecule has 0 atom stereocenters. The topological polar surface area (TPSA) is 66.6 Å². The van der Waals surface area contributed by atoms with Crippen molar-refractivity contribution < 1.29 is 23.1 Å². The first-order valence-electron chi connectivity index (χ1n) is 4.61. The van der Waals surface area contributed by atoms with Gasteiger partial charge in [0.25, 0.3) is 0 Å². The molecule has 1 rings (SSSR count). The van der Waals surface area contributed by atoms with E-state index in [-0.39, 0.29) is 16.9 Å². The average molecular weight is 248 g/mol. The van der Waals surface area contributed by atoms with Crippen LogP contribution in [0.25, 0.3) is 0 Å². The summed E-state index contributed by atoms with van der Waals surface area (Å²) in [5, 5.41) is 8.87. The number of rotatable bonds is 3. The van der Waals surface area contributed by atoms with E-state index in [1.807, 2.05) is 0 Å². The number of nitrogens with zero attached hydrogens (tertiary/aromatic N) is 1. The maximum Gasteiger partial charge on any atom is 0.405 e. The zero-order chi connectivity index (χ0) is 13.2. The molecule has 0 spiro atoms. The number of hydrogen-bond donors (Lipinski definition) is 2. The van der Waals surface area contributed by atoms with Crippen LogP contribution in [0.4, 0.5) is 24.5 Å². The Kier molecular flexibility index (Phi) is 3.50. The third-order valence-electron chi connectivity index (χ3n) is 2.08. The Balaban J connectivity index is 3.09. The molecule has 3 N–H and O–H groups in total. The first-order chi connectivity index (χ1) is 7.70. The number of nitrogen functional groups attached to an aromatic ring is 1. The third-order valence-corrected chi connectivity index (χ3v) is 2.08. The summed E-state index contributed by atoms with van der Waals surface area (Å²) in [6, 6.07) is 3.74. The summed E-state index contributed by atoms with van der Waals surface area (Å²) in [6.07, 6.45) is -4.40. The molecule has 17 heavy (non-hydrogen) atoms. The Hall–Kier alpha value is -1.92. The number of carboxylic acid groups (broad SMARTS) is 1. The third kappa shape index (κ3) is 3.54. The number of nitrogens with two attached hydrogens (primary N) is 1. The van der Waals surface area contributed by atoms with Gasteiger partial charge >= 0.3 is 12.1 Å². The van der Waals surface area contributed by atoms with Crippen molar-refractivity contribution in [3.05, 3.63) is 23.8 Å². The minimum Gasteiger partial charge on any atom is -0.478 e. The first kappa shape index (κ1) is 13.1. The van der Waals surface area contributed by atoms with Crippen LogP contribution in [0, 0.1) is 0 Å². The van der Waals surface area contributed by atoms with E-state index < -0.39 is 18.7 Å². The van der Waals surface area contributed by atoms with Crippen molar-refractivity contribution in [2.75, 3.05) is 24.2 Å². The maximum absolute atomic E-state index is 12.2. The molecule has 1 aromatic rings. The summed E-state index contributed by atoms with van der Waals surface area (Å²) in [7, 11) is 1.17. The van der Waals surface area contributed by atoms with Gasteiger partial charge in [0.15, 0.2) is 0 Å². The molecule has 7 heteroatoms. The van der Waals surface area contributed by atoms with Crippen LogP contribution in [0.15, 0.2) is 18.2 Å². The van der Waals surface area contributed by atoms with E-state index in [0.29, 0.717) is 0 Å². The molecule has 0 saturated heterocycles. The van der Waals surface area contributed by atoms with E-state index in [9.17, 15) is 18.0 Å². The lowest BCUT2D eigenvalue weighted by atomic mass is 10.1. The summed E-state index contributed by atoms with van der Waals surface area (Å²) in [4.78, 5) is 11.7. The summed E-state index contributed by atoms with van der Waals surface area (Å²) in [6.45, 7) is -1.23. The number of carboxylic acids is 1. The molecule has 4 nitrogen and oxygen atoms in total. The highest BCUT2D eigenvalue weighted by Gasteiger charge is 2.30. The average Bonchev–Trinajstić information content (AvgIpc) is 2.14. The van der Waals surface area contributed by atoms with Gasteiger partial charge in [-0.1, -0.05) is 0 Å². The molecule has 0 saturated carbocycles. The molecule has 0 aliphatic carbocycles. The lowest BCUT2D eigenvalue weighted by Crippen LogP contribution is -2.31. The smallest absolute Gasteiger partial charge is 0.405 e. The molecule has 0 fully saturated rings. The summed E-state index contributed by atoms with van der Waals surface area (Å²) in [5.41, 5.74) is 5.30. The van der Waals surface area contributed by atoms with E-state index in [2.05, 4.69) is 0 Å². The largest absolute Gasteiger partial charge is 0.478 e. The predicted octanol–water partition coefficient (Wildman–Crippen LogP) is 1.97. The first-order valence-corrected chi connectivity index (χ1v) is 4.61. The molecule has 0 aliphatic heterocycles. The zero-order valence-electron chi connectivity index (χ0n) is 8.95. The summed E-state index contributed by atoms with van der Waals surface area (Å²) in [5.74, 6) is -1.32. The molecule has 0 aliphatic rings. The van der Waals surface area contributed by atoms with Gasteiger partial charge in [-0.25, -0.2) is 4.79 Å². The molecule has 0 radical (unpaired) electrons. The van der Waals surface area contributed by atoms with Crippen LogP contribution in [-0.4, -0.2) is 30.8 Å². The highest BCUT2D eigenvalue weighted by Crippen LogP contribution is 2.25. The molecular weight excluding hydrogens is 237 g/mol. The van der Waals surface area contributed by atoms with Crippen LogP contribution in [0.1, 0.15) is 10.4 Å². The normalized spacial score (nSPS) is 11.3. The van der Waals surface area contributed by atoms with Crippen molar-refractivity contribution in [2.45, 2.75) is 6.18 Å². The molecular formula is C10H11F3N2O2. The van der Waals surface area contributed by atoms with Crippen LogP contribution in [0.5, 0.6) is 0 Å². The highest BCUT2D eigenvalue weighted by atomic mass is 19.4. The van der Waals surface area contributed by atoms with Gasteiger partial charge in [0.1, 0.15) is 6.54 Å². The predicted molar refractivity (Wildman–Crippen MR) is 57.1 cm³/mol. The monoisotopic (exact) mass is 248 g/mol. The van der Waals surface area contributed by atoms with Gasteiger partial charge in [-0.2, -0.15) is 13.2 Å². The summed E-state index contributed by atoms with van der Waals surface area (Å²) >= 11 is 0. The van der Waals surface area contributed by atoms with Crippen molar-refractivity contribution >= 4 is 17.3 Å². The second kappa shape index (κ2) is 4.52. The standard InChI is InChI=1S/C10H11F3N2O2/c1-15(5-10(11,12)13)8-3-2-6(14)4-7(8)9(16)17/h2-4H,5,14H2,1H3,(H,16,17). The van der Waals surface area contributed by atoms with E-state index >= 15 is 0 Å². The van der Waals surface area contributed by atoms with E-state index in [1.54, 1.807) is 0 Å². The van der Waals surface area contributed by atoms with E-state index in [1.165, 1.54) is 19.2 Å². The molecule has 0 unspecified atom stereocenters. The second-order valence-corrected chi connectivity index (χ2v) is 3.55. The van der Waals surface area contributed by atoms with Crippen LogP contribution in [0.3, 0.4) is 0 Å². The SMILES string of the molecule is CN(CC(F)(F)F)c1ccc(N)cc1C(=O)O. The van der Waals surface area contributed by atoms with Gasteiger partial charge in [0.05, 0.1) is 11.3 Å². The van der Waals surface area contributed by atoms with Crippen LogP contribution in [0.2, 0.25) is 0 Å². The fourth-order valence-corrected chi connectivity index (χ4v) is 1.41. The molecule has 0 heterocycles. The van der Waals surface area contributed by atoms with E-state index in [4.69, 9.17) is 10.8 Å². The van der Waals surface area contributed by atoms with Crippen molar-refractivity contribution in [2.24, 2.45) is 0 Å². The molecule has 0 aromatic heterocycles. The van der Waals surface area contributed by atoms with Gasteiger partial charge in [0.2, 0.25) is 0 Å². The van der Waals surface area contributed by atoms with Gasteiger partial charge in [-0.15, -0.1) is 0 Å². The van der Waals surface area contributed by atoms with Gasteiger partial charge in [-0.3, -0.25) is 0 Å². The zero-order valence-corrected chi connectivity index (χ0v) is 8.95. The molecule has 0 bridgehead atoms. The minimum atomic E-state index is -4.40. The fraction of sp³-hybridized carbons (Fsp3) is 0.300. The number of hydrogen-bond acceptors (Lipinski definition) is 3. The number of aromatic carboxylic acids is 1. The Morgan fingerprint density at radius 3 is 2.53 bits per heavy atom. The van der Waals surface area contributed by atoms with Gasteiger partial charge in [-0.05, 0) is 18.2 Å². The Morgan fingerprint density at radius 2 is 2.06 bits per heavy atom. The number of alkyl halides is 3. The lowest BCUT2D eigenvalue weighted by molar-refractivity contribution is -0.119. The van der Waals surface area contributed by atoms with Crippen LogP contribution in [-0.2, 0) is 0 Å². The maximum atomic E-state index is 12.2. The Labute approximate surface area is 95.4 Å². The number of anilines is 2. The Morgan fingerprint density at radius 1 is 1.47 bits per heavy atom. The van der Waals surface area contributed by atoms with Crippen molar-refractivity contribution in [1.82, 2.24) is 0 Å². The molecule has 0 amide bonds.